The molecule has 0 spiro atoms. The number of aromatic nitrogens is 3. The molecule has 164 valence electrons. The number of ether oxygens (including phenoxy) is 2. The van der Waals surface area contributed by atoms with Gasteiger partial charge in [0.2, 0.25) is 0 Å². The molecular formula is C22H34N6O2. The van der Waals surface area contributed by atoms with Crippen LogP contribution in [0.5, 0.6) is 0 Å². The fourth-order valence-corrected chi connectivity index (χ4v) is 4.26. The van der Waals surface area contributed by atoms with Gasteiger partial charge >= 0.3 is 0 Å². The minimum Gasteiger partial charge on any atom is -0.376 e. The van der Waals surface area contributed by atoms with E-state index in [1.807, 2.05) is 31.4 Å². The molecule has 2 aliphatic rings. The van der Waals surface area contributed by atoms with Crippen LogP contribution in [-0.2, 0) is 15.9 Å². The number of hydrogen-bond donors (Lipinski definition) is 1. The summed E-state index contributed by atoms with van der Waals surface area (Å²) >= 11 is 0. The number of nitrogens with one attached hydrogen (secondary N) is 1. The van der Waals surface area contributed by atoms with Crippen LogP contribution < -0.4 is 5.32 Å². The Balaban J connectivity index is 1.15. The number of rotatable bonds is 7. The third-order valence-electron chi connectivity index (χ3n) is 5.99. The molecular weight excluding hydrogens is 380 g/mol. The average molecular weight is 415 g/mol. The monoisotopic (exact) mass is 414 g/mol. The van der Waals surface area contributed by atoms with Gasteiger partial charge < -0.3 is 19.7 Å². The second-order valence-electron chi connectivity index (χ2n) is 8.13. The topological polar surface area (TPSA) is 76.3 Å². The summed E-state index contributed by atoms with van der Waals surface area (Å²) < 4.78 is 14.0. The van der Waals surface area contributed by atoms with Gasteiger partial charge in [0.25, 0.3) is 0 Å². The van der Waals surface area contributed by atoms with Crippen molar-refractivity contribution in [3.05, 3.63) is 30.2 Å². The maximum Gasteiger partial charge on any atom is 0.193 e. The largest absolute Gasteiger partial charge is 0.376 e. The number of likely N-dealkylation sites (tertiary alicyclic amines) is 1. The highest BCUT2D eigenvalue weighted by atomic mass is 16.5. The maximum absolute atomic E-state index is 6.13. The first-order valence-corrected chi connectivity index (χ1v) is 11.3. The van der Waals surface area contributed by atoms with Crippen molar-refractivity contribution in [3.63, 3.8) is 0 Å². The number of guanidine groups is 1. The van der Waals surface area contributed by atoms with Crippen LogP contribution in [0.25, 0.3) is 5.65 Å². The van der Waals surface area contributed by atoms with Gasteiger partial charge in [-0.1, -0.05) is 6.07 Å². The molecule has 0 amide bonds. The Morgan fingerprint density at radius 1 is 1.23 bits per heavy atom. The quantitative estimate of drug-likeness (QED) is 0.426. The molecule has 0 aliphatic carbocycles. The van der Waals surface area contributed by atoms with Gasteiger partial charge in [-0.2, -0.15) is 0 Å². The Kier molecular flexibility index (Phi) is 7.53. The highest BCUT2D eigenvalue weighted by Crippen LogP contribution is 2.18. The summed E-state index contributed by atoms with van der Waals surface area (Å²) in [5, 5.41) is 12.0. The van der Waals surface area contributed by atoms with Gasteiger partial charge in [-0.05, 0) is 50.7 Å². The van der Waals surface area contributed by atoms with Crippen molar-refractivity contribution in [2.24, 2.45) is 4.99 Å². The summed E-state index contributed by atoms with van der Waals surface area (Å²) in [5.41, 5.74) is 0.899. The number of fused-ring (bicyclic) bond motifs is 1. The van der Waals surface area contributed by atoms with Gasteiger partial charge in [-0.15, -0.1) is 10.2 Å². The number of aryl methyl sites for hydroxylation is 1. The molecule has 2 aliphatic heterocycles. The summed E-state index contributed by atoms with van der Waals surface area (Å²) in [7, 11) is 1.86. The standard InChI is InChI=1S/C22H34N6O2/c1-23-22(24-12-6-9-21-26-25-20-8-2-4-13-28(20)21)27-14-10-18(11-15-27)30-17-19-7-3-5-16-29-19/h2,4,8,13,18-19H,3,5-7,9-12,14-17H2,1H3,(H,23,24). The predicted molar refractivity (Wildman–Crippen MR) is 117 cm³/mol. The fraction of sp³-hybridized carbons (Fsp3) is 0.682. The van der Waals surface area contributed by atoms with Crippen molar-refractivity contribution in [2.45, 2.75) is 57.2 Å². The van der Waals surface area contributed by atoms with E-state index >= 15 is 0 Å². The van der Waals surface area contributed by atoms with Crippen LogP contribution in [0.1, 0.15) is 44.3 Å². The normalized spacial score (nSPS) is 21.3. The summed E-state index contributed by atoms with van der Waals surface area (Å²) in [5.74, 6) is 1.98. The van der Waals surface area contributed by atoms with Crippen LogP contribution in [0, 0.1) is 0 Å². The van der Waals surface area contributed by atoms with Gasteiger partial charge in [-0.3, -0.25) is 9.39 Å². The van der Waals surface area contributed by atoms with Gasteiger partial charge in [0.15, 0.2) is 11.6 Å². The first-order valence-electron chi connectivity index (χ1n) is 11.3. The van der Waals surface area contributed by atoms with Crippen molar-refractivity contribution in [1.29, 1.82) is 0 Å². The average Bonchev–Trinajstić information content (AvgIpc) is 3.22. The molecule has 8 heteroatoms. The fourth-order valence-electron chi connectivity index (χ4n) is 4.26. The predicted octanol–water partition coefficient (Wildman–Crippen LogP) is 2.29. The molecule has 30 heavy (non-hydrogen) atoms. The van der Waals surface area contributed by atoms with E-state index in [9.17, 15) is 0 Å². The summed E-state index contributed by atoms with van der Waals surface area (Å²) in [6, 6.07) is 5.97. The molecule has 4 rings (SSSR count). The van der Waals surface area contributed by atoms with Crippen LogP contribution >= 0.6 is 0 Å². The lowest BCUT2D eigenvalue weighted by Crippen LogP contribution is -2.47. The number of aliphatic imine (C=N–C) groups is 1. The van der Waals surface area contributed by atoms with E-state index < -0.39 is 0 Å². The molecule has 8 nitrogen and oxygen atoms in total. The molecule has 1 atom stereocenters. The number of pyridine rings is 1. The molecule has 1 N–H and O–H groups in total. The Morgan fingerprint density at radius 2 is 2.13 bits per heavy atom. The van der Waals surface area contributed by atoms with E-state index in [1.165, 1.54) is 12.8 Å². The van der Waals surface area contributed by atoms with Crippen molar-refractivity contribution in [1.82, 2.24) is 24.8 Å². The third-order valence-corrected chi connectivity index (χ3v) is 5.99. The smallest absolute Gasteiger partial charge is 0.193 e. The molecule has 4 heterocycles. The van der Waals surface area contributed by atoms with Gasteiger partial charge in [0.05, 0.1) is 18.8 Å². The number of hydrogen-bond acceptors (Lipinski definition) is 5. The zero-order valence-electron chi connectivity index (χ0n) is 18.0. The third kappa shape index (κ3) is 5.49. The highest BCUT2D eigenvalue weighted by molar-refractivity contribution is 5.79. The van der Waals surface area contributed by atoms with E-state index in [-0.39, 0.29) is 0 Å². The van der Waals surface area contributed by atoms with E-state index in [1.54, 1.807) is 0 Å². The van der Waals surface area contributed by atoms with Gasteiger partial charge in [0, 0.05) is 45.9 Å². The van der Waals surface area contributed by atoms with Crippen molar-refractivity contribution in [2.75, 3.05) is 39.9 Å². The molecule has 0 aromatic carbocycles. The molecule has 2 saturated heterocycles. The Bertz CT molecular complexity index is 809. The molecule has 1 unspecified atom stereocenters. The van der Waals surface area contributed by atoms with E-state index in [4.69, 9.17) is 9.47 Å². The molecule has 2 fully saturated rings. The second kappa shape index (κ2) is 10.7. The number of piperidine rings is 1. The van der Waals surface area contributed by atoms with Gasteiger partial charge in [0.1, 0.15) is 5.82 Å². The van der Waals surface area contributed by atoms with Crippen LogP contribution in [0.3, 0.4) is 0 Å². The minimum atomic E-state index is 0.300. The van der Waals surface area contributed by atoms with E-state index in [0.717, 1.165) is 82.4 Å². The van der Waals surface area contributed by atoms with Gasteiger partial charge in [-0.25, -0.2) is 0 Å². The van der Waals surface area contributed by atoms with Crippen molar-refractivity contribution in [3.8, 4) is 0 Å². The van der Waals surface area contributed by atoms with E-state index in [2.05, 4.69) is 29.8 Å². The Labute approximate surface area is 178 Å². The Hall–Kier alpha value is -2.19. The number of nitrogens with zero attached hydrogens (tertiary/aromatic N) is 5. The summed E-state index contributed by atoms with van der Waals surface area (Å²) in [6.07, 6.45) is 10.2. The zero-order valence-corrected chi connectivity index (χ0v) is 18.0. The molecule has 0 bridgehead atoms. The first kappa shape index (κ1) is 21.1. The van der Waals surface area contributed by atoms with Crippen molar-refractivity contribution < 1.29 is 9.47 Å². The van der Waals surface area contributed by atoms with E-state index in [0.29, 0.717) is 12.2 Å². The highest BCUT2D eigenvalue weighted by Gasteiger charge is 2.23. The van der Waals surface area contributed by atoms with Crippen LogP contribution in [0.4, 0.5) is 0 Å². The van der Waals surface area contributed by atoms with Crippen molar-refractivity contribution >= 4 is 11.6 Å². The molecule has 2 aromatic heterocycles. The Morgan fingerprint density at radius 3 is 2.93 bits per heavy atom. The van der Waals surface area contributed by atoms with Crippen LogP contribution in [0.15, 0.2) is 29.4 Å². The van der Waals surface area contributed by atoms with Crippen LogP contribution in [-0.4, -0.2) is 77.6 Å². The van der Waals surface area contributed by atoms with Crippen LogP contribution in [0.2, 0.25) is 0 Å². The molecule has 0 radical (unpaired) electrons. The lowest BCUT2D eigenvalue weighted by Gasteiger charge is -2.35. The summed E-state index contributed by atoms with van der Waals surface area (Å²) in [4.78, 5) is 6.81. The molecule has 2 aromatic rings. The lowest BCUT2D eigenvalue weighted by molar-refractivity contribution is -0.0721. The first-order chi connectivity index (χ1) is 14.8. The maximum atomic E-state index is 6.13. The minimum absolute atomic E-state index is 0.300. The lowest BCUT2D eigenvalue weighted by atomic mass is 10.1. The molecule has 0 saturated carbocycles. The summed E-state index contributed by atoms with van der Waals surface area (Å²) in [6.45, 7) is 4.45. The SMILES string of the molecule is CN=C(NCCCc1nnc2ccccn12)N1CCC(OCC2CCCCO2)CC1. The zero-order chi connectivity index (χ0) is 20.6. The second-order valence-corrected chi connectivity index (χ2v) is 8.13.